The maximum absolute atomic E-state index is 3.32. The van der Waals surface area contributed by atoms with Crippen molar-refractivity contribution in [2.75, 3.05) is 12.4 Å². The Labute approximate surface area is 123 Å². The molecule has 0 spiro atoms. The van der Waals surface area contributed by atoms with Crippen molar-refractivity contribution in [3.05, 3.63) is 72.8 Å². The SMILES string of the molecule is CNc1cccc2c3ccccc3n(-c3ccccc3)c12. The van der Waals surface area contributed by atoms with Gasteiger partial charge in [-0.15, -0.1) is 0 Å². The molecule has 3 aromatic carbocycles. The number of fused-ring (bicyclic) bond motifs is 3. The maximum atomic E-state index is 3.32. The van der Waals surface area contributed by atoms with Crippen LogP contribution in [-0.2, 0) is 0 Å². The molecule has 0 amide bonds. The third-order valence-corrected chi connectivity index (χ3v) is 3.98. The normalized spacial score (nSPS) is 11.1. The van der Waals surface area contributed by atoms with E-state index in [9.17, 15) is 0 Å². The highest BCUT2D eigenvalue weighted by Gasteiger charge is 2.13. The fraction of sp³-hybridized carbons (Fsp3) is 0.0526. The highest BCUT2D eigenvalue weighted by Crippen LogP contribution is 2.35. The highest BCUT2D eigenvalue weighted by atomic mass is 15.0. The molecule has 0 fully saturated rings. The average Bonchev–Trinajstić information content (AvgIpc) is 2.90. The van der Waals surface area contributed by atoms with Crippen molar-refractivity contribution >= 4 is 27.5 Å². The first-order chi connectivity index (χ1) is 10.4. The van der Waals surface area contributed by atoms with Gasteiger partial charge in [0, 0.05) is 23.5 Å². The second kappa shape index (κ2) is 4.67. The van der Waals surface area contributed by atoms with Crippen molar-refractivity contribution in [2.24, 2.45) is 0 Å². The summed E-state index contributed by atoms with van der Waals surface area (Å²) in [5.74, 6) is 0. The summed E-state index contributed by atoms with van der Waals surface area (Å²) in [5, 5.41) is 5.88. The molecule has 21 heavy (non-hydrogen) atoms. The number of rotatable bonds is 2. The van der Waals surface area contributed by atoms with Gasteiger partial charge in [-0.25, -0.2) is 0 Å². The Balaban J connectivity index is 2.25. The van der Waals surface area contributed by atoms with E-state index in [4.69, 9.17) is 0 Å². The Morgan fingerprint density at radius 1 is 0.714 bits per heavy atom. The Morgan fingerprint density at radius 3 is 2.24 bits per heavy atom. The lowest BCUT2D eigenvalue weighted by Crippen LogP contribution is -1.97. The van der Waals surface area contributed by atoms with Gasteiger partial charge >= 0.3 is 0 Å². The Hall–Kier alpha value is -2.74. The molecule has 1 N–H and O–H groups in total. The minimum Gasteiger partial charge on any atom is -0.386 e. The number of hydrogen-bond acceptors (Lipinski definition) is 1. The predicted octanol–water partition coefficient (Wildman–Crippen LogP) is 4.83. The molecule has 0 saturated carbocycles. The minimum absolute atomic E-state index is 1.15. The molecule has 2 nitrogen and oxygen atoms in total. The van der Waals surface area contributed by atoms with Gasteiger partial charge in [0.25, 0.3) is 0 Å². The molecule has 1 heterocycles. The van der Waals surface area contributed by atoms with Gasteiger partial charge in [0.05, 0.1) is 16.7 Å². The van der Waals surface area contributed by atoms with E-state index < -0.39 is 0 Å². The van der Waals surface area contributed by atoms with Gasteiger partial charge in [-0.1, -0.05) is 48.5 Å². The first-order valence-electron chi connectivity index (χ1n) is 7.15. The van der Waals surface area contributed by atoms with Crippen LogP contribution in [0, 0.1) is 0 Å². The molecule has 0 atom stereocenters. The molecule has 0 unspecified atom stereocenters. The second-order valence-electron chi connectivity index (χ2n) is 5.14. The average molecular weight is 272 g/mol. The lowest BCUT2D eigenvalue weighted by Gasteiger charge is -2.10. The lowest BCUT2D eigenvalue weighted by atomic mass is 10.1. The van der Waals surface area contributed by atoms with Crippen LogP contribution < -0.4 is 5.32 Å². The number of para-hydroxylation sites is 3. The summed E-state index contributed by atoms with van der Waals surface area (Å²) in [7, 11) is 1.97. The molecule has 0 radical (unpaired) electrons. The molecular weight excluding hydrogens is 256 g/mol. The topological polar surface area (TPSA) is 17.0 Å². The van der Waals surface area contributed by atoms with E-state index in [1.165, 1.54) is 27.5 Å². The van der Waals surface area contributed by atoms with E-state index in [2.05, 4.69) is 82.7 Å². The zero-order chi connectivity index (χ0) is 14.2. The molecule has 0 aliphatic rings. The standard InChI is InChI=1S/C19H16N2/c1-20-17-12-7-11-16-15-10-5-6-13-18(15)21(19(16)17)14-8-3-2-4-9-14/h2-13,20H,1H3. The number of hydrogen-bond donors (Lipinski definition) is 1. The van der Waals surface area contributed by atoms with Gasteiger partial charge in [0.15, 0.2) is 0 Å². The summed E-state index contributed by atoms with van der Waals surface area (Å²) in [6.07, 6.45) is 0. The molecule has 0 aliphatic carbocycles. The third kappa shape index (κ3) is 1.73. The van der Waals surface area contributed by atoms with Gasteiger partial charge < -0.3 is 9.88 Å². The van der Waals surface area contributed by atoms with Crippen LogP contribution in [0.5, 0.6) is 0 Å². The predicted molar refractivity (Wildman–Crippen MR) is 90.3 cm³/mol. The Morgan fingerprint density at radius 2 is 1.43 bits per heavy atom. The smallest absolute Gasteiger partial charge is 0.0773 e. The number of benzene rings is 3. The Kier molecular flexibility index (Phi) is 2.68. The van der Waals surface area contributed by atoms with Crippen LogP contribution in [0.2, 0.25) is 0 Å². The summed E-state index contributed by atoms with van der Waals surface area (Å²) in [5.41, 5.74) is 4.80. The zero-order valence-electron chi connectivity index (χ0n) is 11.9. The van der Waals surface area contributed by atoms with Gasteiger partial charge in [0.2, 0.25) is 0 Å². The monoisotopic (exact) mass is 272 g/mol. The molecule has 0 saturated heterocycles. The van der Waals surface area contributed by atoms with Crippen molar-refractivity contribution in [3.63, 3.8) is 0 Å². The van der Waals surface area contributed by atoms with Crippen molar-refractivity contribution in [1.29, 1.82) is 0 Å². The summed E-state index contributed by atoms with van der Waals surface area (Å²) in [6, 6.07) is 25.5. The summed E-state index contributed by atoms with van der Waals surface area (Å²) >= 11 is 0. The molecule has 0 bridgehead atoms. The number of aromatic nitrogens is 1. The summed E-state index contributed by atoms with van der Waals surface area (Å²) < 4.78 is 2.33. The summed E-state index contributed by atoms with van der Waals surface area (Å²) in [6.45, 7) is 0. The van der Waals surface area contributed by atoms with E-state index in [1.54, 1.807) is 0 Å². The van der Waals surface area contributed by atoms with Crippen molar-refractivity contribution < 1.29 is 0 Å². The minimum atomic E-state index is 1.15. The van der Waals surface area contributed by atoms with Crippen LogP contribution in [0.25, 0.3) is 27.5 Å². The molecular formula is C19H16N2. The maximum Gasteiger partial charge on any atom is 0.0773 e. The van der Waals surface area contributed by atoms with Crippen LogP contribution in [0.1, 0.15) is 0 Å². The van der Waals surface area contributed by atoms with Gasteiger partial charge in [-0.2, -0.15) is 0 Å². The first kappa shape index (κ1) is 12.0. The van der Waals surface area contributed by atoms with E-state index in [0.29, 0.717) is 0 Å². The molecule has 4 rings (SSSR count). The number of nitrogens with zero attached hydrogens (tertiary/aromatic N) is 1. The van der Waals surface area contributed by atoms with Crippen LogP contribution in [0.4, 0.5) is 5.69 Å². The third-order valence-electron chi connectivity index (χ3n) is 3.98. The van der Waals surface area contributed by atoms with Crippen LogP contribution >= 0.6 is 0 Å². The fourth-order valence-corrected chi connectivity index (χ4v) is 3.07. The van der Waals surface area contributed by atoms with E-state index in [0.717, 1.165) is 5.69 Å². The Bertz CT molecular complexity index is 920. The van der Waals surface area contributed by atoms with Gasteiger partial charge in [-0.05, 0) is 24.3 Å². The molecule has 1 aromatic heterocycles. The van der Waals surface area contributed by atoms with Crippen LogP contribution in [0.15, 0.2) is 72.8 Å². The van der Waals surface area contributed by atoms with Gasteiger partial charge in [0.1, 0.15) is 0 Å². The quantitative estimate of drug-likeness (QED) is 0.553. The lowest BCUT2D eigenvalue weighted by molar-refractivity contribution is 1.18. The van der Waals surface area contributed by atoms with Gasteiger partial charge in [-0.3, -0.25) is 0 Å². The second-order valence-corrected chi connectivity index (χ2v) is 5.14. The molecule has 2 heteroatoms. The van der Waals surface area contributed by atoms with E-state index in [-0.39, 0.29) is 0 Å². The largest absolute Gasteiger partial charge is 0.386 e. The van der Waals surface area contributed by atoms with E-state index >= 15 is 0 Å². The van der Waals surface area contributed by atoms with Crippen LogP contribution in [-0.4, -0.2) is 11.6 Å². The van der Waals surface area contributed by atoms with Crippen molar-refractivity contribution in [3.8, 4) is 5.69 Å². The molecule has 4 aromatic rings. The summed E-state index contributed by atoms with van der Waals surface area (Å²) in [4.78, 5) is 0. The highest BCUT2D eigenvalue weighted by molar-refractivity contribution is 6.13. The fourth-order valence-electron chi connectivity index (χ4n) is 3.07. The number of nitrogens with one attached hydrogen (secondary N) is 1. The molecule has 0 aliphatic heterocycles. The van der Waals surface area contributed by atoms with Crippen molar-refractivity contribution in [2.45, 2.75) is 0 Å². The first-order valence-corrected chi connectivity index (χ1v) is 7.15. The molecule has 102 valence electrons. The number of anilines is 1. The van der Waals surface area contributed by atoms with Crippen molar-refractivity contribution in [1.82, 2.24) is 4.57 Å². The van der Waals surface area contributed by atoms with Crippen LogP contribution in [0.3, 0.4) is 0 Å². The van der Waals surface area contributed by atoms with E-state index in [1.807, 2.05) is 7.05 Å². The zero-order valence-corrected chi connectivity index (χ0v) is 11.9.